The highest BCUT2D eigenvalue weighted by Gasteiger charge is 2.56. The van der Waals surface area contributed by atoms with Gasteiger partial charge in [0.1, 0.15) is 5.60 Å². The monoisotopic (exact) mass is 372 g/mol. The summed E-state index contributed by atoms with van der Waals surface area (Å²) < 4.78 is 5.44. The Kier molecular flexibility index (Phi) is 4.48. The van der Waals surface area contributed by atoms with Crippen LogP contribution in [0.25, 0.3) is 0 Å². The maximum atomic E-state index is 12.4. The van der Waals surface area contributed by atoms with Gasteiger partial charge >= 0.3 is 12.1 Å². The summed E-state index contributed by atoms with van der Waals surface area (Å²) in [5.74, 6) is 1.75. The minimum Gasteiger partial charge on any atom is -0.444 e. The molecule has 1 unspecified atom stereocenters. The van der Waals surface area contributed by atoms with E-state index in [4.69, 9.17) is 4.74 Å². The van der Waals surface area contributed by atoms with Gasteiger partial charge in [0.05, 0.1) is 0 Å². The number of fused-ring (bicyclic) bond motifs is 2. The zero-order valence-corrected chi connectivity index (χ0v) is 16.3. The van der Waals surface area contributed by atoms with E-state index in [2.05, 4.69) is 10.3 Å². The van der Waals surface area contributed by atoms with Crippen molar-refractivity contribution in [2.75, 3.05) is 19.6 Å². The number of likely N-dealkylation sites (tertiary alicyclic amines) is 1. The molecule has 1 saturated carbocycles. The first kappa shape index (κ1) is 18.1. The number of rotatable bonds is 3. The van der Waals surface area contributed by atoms with Crippen LogP contribution < -0.4 is 5.32 Å². The number of carbonyl (C=O) groups is 2. The van der Waals surface area contributed by atoms with E-state index in [1.807, 2.05) is 42.8 Å². The number of carbonyl (C=O) groups excluding carboxylic acids is 2. The Hall–Kier alpha value is -2.31. The molecular weight excluding hydrogens is 344 g/mol. The SMILES string of the molecule is CC(C)(C)OC(=O)N1C[C@@H]2C(CCNC(=O)N3Cc4ccncc4C3)[C@@H]2C1. The molecule has 146 valence electrons. The lowest BCUT2D eigenvalue weighted by molar-refractivity contribution is 0.0265. The lowest BCUT2D eigenvalue weighted by Crippen LogP contribution is -2.38. The highest BCUT2D eigenvalue weighted by atomic mass is 16.6. The van der Waals surface area contributed by atoms with Crippen LogP contribution in [0, 0.1) is 17.8 Å². The molecule has 1 aromatic rings. The van der Waals surface area contributed by atoms with Gasteiger partial charge in [-0.05, 0) is 62.1 Å². The topological polar surface area (TPSA) is 74.8 Å². The molecule has 0 aromatic carbocycles. The van der Waals surface area contributed by atoms with E-state index in [0.29, 0.717) is 37.4 Å². The first-order chi connectivity index (χ1) is 12.8. The minimum absolute atomic E-state index is 0.00705. The summed E-state index contributed by atoms with van der Waals surface area (Å²) in [6.45, 7) is 9.22. The van der Waals surface area contributed by atoms with E-state index in [-0.39, 0.29) is 12.1 Å². The maximum Gasteiger partial charge on any atom is 0.410 e. The summed E-state index contributed by atoms with van der Waals surface area (Å²) in [6, 6.07) is 1.97. The third-order valence-electron chi connectivity index (χ3n) is 5.79. The summed E-state index contributed by atoms with van der Waals surface area (Å²) in [7, 11) is 0. The van der Waals surface area contributed by atoms with Gasteiger partial charge in [0, 0.05) is 45.1 Å². The lowest BCUT2D eigenvalue weighted by atomic mass is 10.2. The van der Waals surface area contributed by atoms with Gasteiger partial charge in [0.15, 0.2) is 0 Å². The quantitative estimate of drug-likeness (QED) is 0.885. The number of piperidine rings is 1. The fraction of sp³-hybridized carbons (Fsp3) is 0.650. The zero-order chi connectivity index (χ0) is 19.2. The molecule has 1 aliphatic carbocycles. The fourth-order valence-electron chi connectivity index (χ4n) is 4.37. The molecule has 3 atom stereocenters. The summed E-state index contributed by atoms with van der Waals surface area (Å²) in [5.41, 5.74) is 1.87. The third kappa shape index (κ3) is 3.87. The molecule has 2 aliphatic heterocycles. The second-order valence-corrected chi connectivity index (χ2v) is 8.90. The molecule has 0 bridgehead atoms. The molecule has 1 saturated heterocycles. The average Bonchev–Trinajstić information content (AvgIpc) is 3.00. The number of hydrogen-bond donors (Lipinski definition) is 1. The van der Waals surface area contributed by atoms with Crippen molar-refractivity contribution in [1.29, 1.82) is 0 Å². The number of nitrogens with one attached hydrogen (secondary N) is 1. The Bertz CT molecular complexity index is 708. The van der Waals surface area contributed by atoms with Crippen molar-refractivity contribution < 1.29 is 14.3 Å². The molecule has 0 radical (unpaired) electrons. The van der Waals surface area contributed by atoms with Crippen LogP contribution >= 0.6 is 0 Å². The Morgan fingerprint density at radius 3 is 2.56 bits per heavy atom. The van der Waals surface area contributed by atoms with Crippen LogP contribution in [0.2, 0.25) is 0 Å². The van der Waals surface area contributed by atoms with E-state index in [9.17, 15) is 9.59 Å². The summed E-state index contributed by atoms with van der Waals surface area (Å²) in [5, 5.41) is 3.05. The van der Waals surface area contributed by atoms with Crippen molar-refractivity contribution in [3.05, 3.63) is 29.6 Å². The predicted octanol–water partition coefficient (Wildman–Crippen LogP) is 2.61. The second kappa shape index (κ2) is 6.69. The molecule has 7 heteroatoms. The Balaban J connectivity index is 1.16. The van der Waals surface area contributed by atoms with Gasteiger partial charge in [0.25, 0.3) is 0 Å². The first-order valence-corrected chi connectivity index (χ1v) is 9.74. The summed E-state index contributed by atoms with van der Waals surface area (Å²) in [4.78, 5) is 32.2. The molecule has 3 amide bonds. The molecule has 0 spiro atoms. The van der Waals surface area contributed by atoms with Crippen molar-refractivity contribution in [2.24, 2.45) is 17.8 Å². The standard InChI is InChI=1S/C20H28N4O3/c1-20(2,3)27-19(26)24-11-16-15(17(16)12-24)5-7-22-18(25)23-9-13-4-6-21-8-14(13)10-23/h4,6,8,15-17H,5,7,9-12H2,1-3H3,(H,22,25)/t15?,16-,17+. The molecule has 1 aromatic heterocycles. The predicted molar refractivity (Wildman–Crippen MR) is 99.8 cm³/mol. The highest BCUT2D eigenvalue weighted by molar-refractivity contribution is 5.75. The van der Waals surface area contributed by atoms with E-state index in [1.165, 1.54) is 5.56 Å². The largest absolute Gasteiger partial charge is 0.444 e. The summed E-state index contributed by atoms with van der Waals surface area (Å²) in [6.07, 6.45) is 4.38. The van der Waals surface area contributed by atoms with Gasteiger partial charge in [-0.25, -0.2) is 9.59 Å². The molecule has 2 fully saturated rings. The molecule has 7 nitrogen and oxygen atoms in total. The first-order valence-electron chi connectivity index (χ1n) is 9.74. The van der Waals surface area contributed by atoms with Crippen molar-refractivity contribution >= 4 is 12.1 Å². The highest BCUT2D eigenvalue weighted by Crippen LogP contribution is 2.53. The Morgan fingerprint density at radius 2 is 1.89 bits per heavy atom. The van der Waals surface area contributed by atoms with Crippen LogP contribution in [0.3, 0.4) is 0 Å². The van der Waals surface area contributed by atoms with E-state index in [1.54, 1.807) is 6.20 Å². The van der Waals surface area contributed by atoms with Gasteiger partial charge in [-0.2, -0.15) is 0 Å². The number of amides is 3. The van der Waals surface area contributed by atoms with E-state index < -0.39 is 5.60 Å². The minimum atomic E-state index is -0.446. The number of ether oxygens (including phenoxy) is 1. The van der Waals surface area contributed by atoms with Crippen LogP contribution in [0.15, 0.2) is 18.5 Å². The van der Waals surface area contributed by atoms with Crippen molar-refractivity contribution in [3.8, 4) is 0 Å². The second-order valence-electron chi connectivity index (χ2n) is 8.90. The number of pyridine rings is 1. The fourth-order valence-corrected chi connectivity index (χ4v) is 4.37. The van der Waals surface area contributed by atoms with Crippen molar-refractivity contribution in [1.82, 2.24) is 20.1 Å². The van der Waals surface area contributed by atoms with Gasteiger partial charge < -0.3 is 19.9 Å². The smallest absolute Gasteiger partial charge is 0.410 e. The molecule has 1 N–H and O–H groups in total. The van der Waals surface area contributed by atoms with Gasteiger partial charge in [-0.15, -0.1) is 0 Å². The van der Waals surface area contributed by atoms with Gasteiger partial charge in [-0.3, -0.25) is 4.98 Å². The molecule has 4 rings (SSSR count). The van der Waals surface area contributed by atoms with Crippen LogP contribution in [0.4, 0.5) is 9.59 Å². The van der Waals surface area contributed by atoms with E-state index >= 15 is 0 Å². The maximum absolute atomic E-state index is 12.4. The molecule has 27 heavy (non-hydrogen) atoms. The molecule has 3 heterocycles. The molecular formula is C20H28N4O3. The zero-order valence-electron chi connectivity index (χ0n) is 16.3. The van der Waals surface area contributed by atoms with Gasteiger partial charge in [0.2, 0.25) is 0 Å². The average molecular weight is 372 g/mol. The van der Waals surface area contributed by atoms with E-state index in [0.717, 1.165) is 25.1 Å². The van der Waals surface area contributed by atoms with Crippen LogP contribution in [0.5, 0.6) is 0 Å². The number of hydrogen-bond acceptors (Lipinski definition) is 4. The number of nitrogens with zero attached hydrogens (tertiary/aromatic N) is 3. The van der Waals surface area contributed by atoms with Crippen LogP contribution in [-0.4, -0.2) is 52.1 Å². The molecule has 3 aliphatic rings. The van der Waals surface area contributed by atoms with Crippen molar-refractivity contribution in [2.45, 2.75) is 45.9 Å². The number of urea groups is 1. The normalized spacial score (nSPS) is 25.8. The summed E-state index contributed by atoms with van der Waals surface area (Å²) >= 11 is 0. The van der Waals surface area contributed by atoms with Crippen LogP contribution in [0.1, 0.15) is 38.3 Å². The number of aromatic nitrogens is 1. The van der Waals surface area contributed by atoms with Gasteiger partial charge in [-0.1, -0.05) is 0 Å². The van der Waals surface area contributed by atoms with Crippen LogP contribution in [-0.2, 0) is 17.8 Å². The lowest BCUT2D eigenvalue weighted by Gasteiger charge is -2.26. The van der Waals surface area contributed by atoms with Crippen molar-refractivity contribution in [3.63, 3.8) is 0 Å². The Labute approximate surface area is 160 Å². The third-order valence-corrected chi connectivity index (χ3v) is 5.79. The Morgan fingerprint density at radius 1 is 1.19 bits per heavy atom.